The third-order valence-corrected chi connectivity index (χ3v) is 4.17. The molecule has 0 heterocycles. The van der Waals surface area contributed by atoms with Crippen LogP contribution in [0.3, 0.4) is 0 Å². The predicted octanol–water partition coefficient (Wildman–Crippen LogP) is 4.06. The highest BCUT2D eigenvalue weighted by Crippen LogP contribution is 2.34. The molecular formula is C21H24F2N2O4. The van der Waals surface area contributed by atoms with E-state index in [1.807, 2.05) is 13.8 Å². The van der Waals surface area contributed by atoms with Gasteiger partial charge in [0.1, 0.15) is 17.5 Å². The van der Waals surface area contributed by atoms with E-state index >= 15 is 0 Å². The minimum atomic E-state index is -2.99. The molecule has 0 saturated heterocycles. The lowest BCUT2D eigenvalue weighted by Gasteiger charge is -2.21. The Kier molecular flexibility index (Phi) is 7.52. The summed E-state index contributed by atoms with van der Waals surface area (Å²) in [5, 5.41) is 5.33. The molecule has 2 aromatic carbocycles. The van der Waals surface area contributed by atoms with E-state index < -0.39 is 18.6 Å². The van der Waals surface area contributed by atoms with E-state index in [1.54, 1.807) is 30.3 Å². The van der Waals surface area contributed by atoms with Crippen molar-refractivity contribution in [3.63, 3.8) is 0 Å². The summed E-state index contributed by atoms with van der Waals surface area (Å²) in [5.41, 5.74) is 1.38. The van der Waals surface area contributed by atoms with E-state index in [0.717, 1.165) is 0 Å². The number of hydrogen-bond donors (Lipinski definition) is 2. The SMILES string of the molecule is COc1ccc(-c2cc(NC(=O)C(NC(C)=O)C(C)C)ccc2OC(F)F)cc1. The summed E-state index contributed by atoms with van der Waals surface area (Å²) in [5.74, 6) is -0.270. The first-order valence-corrected chi connectivity index (χ1v) is 9.02. The van der Waals surface area contributed by atoms with Crippen molar-refractivity contribution in [2.24, 2.45) is 5.92 Å². The molecule has 0 fully saturated rings. The lowest BCUT2D eigenvalue weighted by Crippen LogP contribution is -2.46. The van der Waals surface area contributed by atoms with E-state index in [2.05, 4.69) is 15.4 Å². The predicted molar refractivity (Wildman–Crippen MR) is 106 cm³/mol. The maximum Gasteiger partial charge on any atom is 0.387 e. The minimum absolute atomic E-state index is 0.0227. The average Bonchev–Trinajstić information content (AvgIpc) is 2.66. The molecule has 6 nitrogen and oxygen atoms in total. The summed E-state index contributed by atoms with van der Waals surface area (Å²) >= 11 is 0. The van der Waals surface area contributed by atoms with Crippen LogP contribution in [-0.2, 0) is 9.59 Å². The van der Waals surface area contributed by atoms with E-state index in [9.17, 15) is 18.4 Å². The minimum Gasteiger partial charge on any atom is -0.497 e. The molecule has 2 aromatic rings. The second-order valence-electron chi connectivity index (χ2n) is 6.73. The molecule has 1 atom stereocenters. The third kappa shape index (κ3) is 6.17. The third-order valence-electron chi connectivity index (χ3n) is 4.17. The van der Waals surface area contributed by atoms with Crippen LogP contribution in [0.1, 0.15) is 20.8 Å². The van der Waals surface area contributed by atoms with E-state index in [0.29, 0.717) is 22.6 Å². The number of benzene rings is 2. The van der Waals surface area contributed by atoms with Gasteiger partial charge in [0, 0.05) is 18.2 Å². The largest absolute Gasteiger partial charge is 0.497 e. The van der Waals surface area contributed by atoms with Crippen molar-refractivity contribution in [3.8, 4) is 22.6 Å². The highest BCUT2D eigenvalue weighted by atomic mass is 19.3. The summed E-state index contributed by atoms with van der Waals surface area (Å²) < 4.78 is 35.4. The number of anilines is 1. The van der Waals surface area contributed by atoms with Gasteiger partial charge in [-0.25, -0.2) is 0 Å². The molecule has 0 radical (unpaired) electrons. The van der Waals surface area contributed by atoms with Crippen LogP contribution in [0.5, 0.6) is 11.5 Å². The van der Waals surface area contributed by atoms with Gasteiger partial charge in [0.25, 0.3) is 0 Å². The molecule has 2 amide bonds. The normalized spacial score (nSPS) is 11.9. The van der Waals surface area contributed by atoms with Gasteiger partial charge in [-0.15, -0.1) is 0 Å². The van der Waals surface area contributed by atoms with E-state index in [1.165, 1.54) is 26.2 Å². The molecule has 0 aliphatic rings. The van der Waals surface area contributed by atoms with Crippen molar-refractivity contribution >= 4 is 17.5 Å². The van der Waals surface area contributed by atoms with Crippen molar-refractivity contribution in [2.75, 3.05) is 12.4 Å². The van der Waals surface area contributed by atoms with Crippen molar-refractivity contribution in [1.82, 2.24) is 5.32 Å². The summed E-state index contributed by atoms with van der Waals surface area (Å²) in [4.78, 5) is 24.0. The number of alkyl halides is 2. The Morgan fingerprint density at radius 3 is 2.21 bits per heavy atom. The number of methoxy groups -OCH3 is 1. The fourth-order valence-corrected chi connectivity index (χ4v) is 2.78. The smallest absolute Gasteiger partial charge is 0.387 e. The molecule has 0 bridgehead atoms. The first-order valence-electron chi connectivity index (χ1n) is 9.02. The Bertz CT molecular complexity index is 854. The molecule has 1 unspecified atom stereocenters. The Morgan fingerprint density at radius 1 is 1.03 bits per heavy atom. The Balaban J connectivity index is 2.36. The van der Waals surface area contributed by atoms with E-state index in [4.69, 9.17) is 4.74 Å². The second kappa shape index (κ2) is 9.86. The summed E-state index contributed by atoms with van der Waals surface area (Å²) in [7, 11) is 1.52. The van der Waals surface area contributed by atoms with Crippen LogP contribution in [0.25, 0.3) is 11.1 Å². The maximum absolute atomic E-state index is 12.8. The van der Waals surface area contributed by atoms with Crippen molar-refractivity contribution < 1.29 is 27.8 Å². The lowest BCUT2D eigenvalue weighted by atomic mass is 10.0. The van der Waals surface area contributed by atoms with Crippen LogP contribution in [-0.4, -0.2) is 31.6 Å². The first-order chi connectivity index (χ1) is 13.7. The van der Waals surface area contributed by atoms with Gasteiger partial charge in [-0.3, -0.25) is 9.59 Å². The van der Waals surface area contributed by atoms with Gasteiger partial charge in [0.05, 0.1) is 7.11 Å². The fraction of sp³-hybridized carbons (Fsp3) is 0.333. The maximum atomic E-state index is 12.8. The van der Waals surface area contributed by atoms with Crippen molar-refractivity contribution in [1.29, 1.82) is 0 Å². The van der Waals surface area contributed by atoms with Crippen LogP contribution in [0, 0.1) is 5.92 Å². The monoisotopic (exact) mass is 406 g/mol. The number of amides is 2. The number of ether oxygens (including phenoxy) is 2. The highest BCUT2D eigenvalue weighted by molar-refractivity contribution is 5.97. The molecular weight excluding hydrogens is 382 g/mol. The zero-order valence-electron chi connectivity index (χ0n) is 16.7. The number of nitrogens with one attached hydrogen (secondary N) is 2. The van der Waals surface area contributed by atoms with Gasteiger partial charge in [-0.1, -0.05) is 26.0 Å². The standard InChI is InChI=1S/C21H24F2N2O4/c1-12(2)19(24-13(3)26)20(27)25-15-7-10-18(29-21(22)23)17(11-15)14-5-8-16(28-4)9-6-14/h5-12,19,21H,1-4H3,(H,24,26)(H,25,27). The number of hydrogen-bond acceptors (Lipinski definition) is 4. The molecule has 8 heteroatoms. The molecule has 0 aliphatic carbocycles. The van der Waals surface area contributed by atoms with Crippen molar-refractivity contribution in [2.45, 2.75) is 33.4 Å². The quantitative estimate of drug-likeness (QED) is 0.693. The van der Waals surface area contributed by atoms with Crippen LogP contribution in [0.15, 0.2) is 42.5 Å². The van der Waals surface area contributed by atoms with Gasteiger partial charge in [-0.05, 0) is 41.8 Å². The number of carbonyl (C=O) groups is 2. The zero-order chi connectivity index (χ0) is 21.6. The van der Waals surface area contributed by atoms with E-state index in [-0.39, 0.29) is 17.6 Å². The Labute approximate surface area is 168 Å². The number of rotatable bonds is 8. The molecule has 0 spiro atoms. The van der Waals surface area contributed by atoms with Crippen LogP contribution in [0.4, 0.5) is 14.5 Å². The molecule has 2 rings (SSSR count). The van der Waals surface area contributed by atoms with Gasteiger partial charge in [0.2, 0.25) is 11.8 Å². The number of carbonyl (C=O) groups excluding carboxylic acids is 2. The molecule has 0 aromatic heterocycles. The first kappa shape index (κ1) is 22.1. The lowest BCUT2D eigenvalue weighted by molar-refractivity contribution is -0.126. The molecule has 0 aliphatic heterocycles. The second-order valence-corrected chi connectivity index (χ2v) is 6.73. The summed E-state index contributed by atoms with van der Waals surface area (Å²) in [6, 6.07) is 10.4. The number of halogens is 2. The summed E-state index contributed by atoms with van der Waals surface area (Å²) in [6.45, 7) is 1.96. The fourth-order valence-electron chi connectivity index (χ4n) is 2.78. The molecule has 29 heavy (non-hydrogen) atoms. The van der Waals surface area contributed by atoms with Gasteiger partial charge >= 0.3 is 6.61 Å². The van der Waals surface area contributed by atoms with Crippen LogP contribution >= 0.6 is 0 Å². The van der Waals surface area contributed by atoms with Gasteiger partial charge < -0.3 is 20.1 Å². The van der Waals surface area contributed by atoms with Crippen LogP contribution < -0.4 is 20.1 Å². The Morgan fingerprint density at radius 2 is 1.69 bits per heavy atom. The molecule has 2 N–H and O–H groups in total. The Hall–Kier alpha value is -3.16. The zero-order valence-corrected chi connectivity index (χ0v) is 16.7. The van der Waals surface area contributed by atoms with Crippen LogP contribution in [0.2, 0.25) is 0 Å². The molecule has 156 valence electrons. The van der Waals surface area contributed by atoms with Gasteiger partial charge in [-0.2, -0.15) is 8.78 Å². The topological polar surface area (TPSA) is 76.7 Å². The summed E-state index contributed by atoms with van der Waals surface area (Å²) in [6.07, 6.45) is 0. The molecule has 0 saturated carbocycles. The average molecular weight is 406 g/mol. The van der Waals surface area contributed by atoms with Crippen molar-refractivity contribution in [3.05, 3.63) is 42.5 Å². The van der Waals surface area contributed by atoms with Gasteiger partial charge in [0.15, 0.2) is 0 Å². The highest BCUT2D eigenvalue weighted by Gasteiger charge is 2.23.